The molecule has 0 unspecified atom stereocenters. The van der Waals surface area contributed by atoms with Crippen LogP contribution in [0.25, 0.3) is 88.3 Å². The first-order valence-corrected chi connectivity index (χ1v) is 15.5. The lowest BCUT2D eigenvalue weighted by molar-refractivity contribution is 1.07. The summed E-state index contributed by atoms with van der Waals surface area (Å²) in [4.78, 5) is 15.4. The summed E-state index contributed by atoms with van der Waals surface area (Å²) in [6.07, 6.45) is 1.86. The van der Waals surface area contributed by atoms with E-state index in [1.54, 1.807) is 0 Å². The van der Waals surface area contributed by atoms with Crippen LogP contribution in [0.1, 0.15) is 0 Å². The Morgan fingerprint density at radius 1 is 0.413 bits per heavy atom. The van der Waals surface area contributed by atoms with Crippen molar-refractivity contribution in [3.63, 3.8) is 0 Å². The van der Waals surface area contributed by atoms with Crippen molar-refractivity contribution in [2.45, 2.75) is 0 Å². The monoisotopic (exact) mass is 587 g/mol. The Bertz CT molecular complexity index is 2790. The second-order valence-electron chi connectivity index (χ2n) is 11.7. The Morgan fingerprint density at radius 3 is 1.87 bits per heavy atom. The molecule has 5 heteroatoms. The molecule has 0 saturated carbocycles. The zero-order valence-corrected chi connectivity index (χ0v) is 24.7. The summed E-state index contributed by atoms with van der Waals surface area (Å²) in [5.74, 6) is 1.69. The molecule has 0 bridgehead atoms. The Labute approximate surface area is 263 Å². The van der Waals surface area contributed by atoms with Gasteiger partial charge < -0.3 is 0 Å². The van der Waals surface area contributed by atoms with Gasteiger partial charge in [-0.3, -0.25) is 9.13 Å². The lowest BCUT2D eigenvalue weighted by atomic mass is 10.0. The Balaban J connectivity index is 1.40. The molecule has 0 fully saturated rings. The fourth-order valence-electron chi connectivity index (χ4n) is 7.06. The molecule has 46 heavy (non-hydrogen) atoms. The van der Waals surface area contributed by atoms with Gasteiger partial charge in [0.15, 0.2) is 5.82 Å². The standard InChI is InChI=1S/C41H25N5/c1-2-12-26(13-3-1)40-41(44-34-18-8-7-17-33(34)43-40)46-35-19-9-6-16-29(35)31-24-32-30-22-27-14-4-5-15-28(27)23-36(30)45(37(32)25-38(31)46)39-20-10-11-21-42-39/h1-25H. The Kier molecular flexibility index (Phi) is 5.22. The van der Waals surface area contributed by atoms with Crippen LogP contribution in [0.2, 0.25) is 0 Å². The quantitative estimate of drug-likeness (QED) is 0.207. The van der Waals surface area contributed by atoms with E-state index < -0.39 is 0 Å². The van der Waals surface area contributed by atoms with Gasteiger partial charge in [0.05, 0.1) is 33.1 Å². The number of nitrogens with zero attached hydrogens (tertiary/aromatic N) is 5. The normalized spacial score (nSPS) is 11.9. The minimum Gasteiger partial charge on any atom is -0.294 e. The first kappa shape index (κ1) is 25.0. The van der Waals surface area contributed by atoms with E-state index in [-0.39, 0.29) is 0 Å². The third-order valence-corrected chi connectivity index (χ3v) is 9.12. The summed E-state index contributed by atoms with van der Waals surface area (Å²) in [5, 5.41) is 7.16. The first-order valence-electron chi connectivity index (χ1n) is 15.5. The fourth-order valence-corrected chi connectivity index (χ4v) is 7.06. The van der Waals surface area contributed by atoms with Crippen molar-refractivity contribution in [3.05, 3.63) is 152 Å². The Hall–Kier alpha value is -6.33. The number of para-hydroxylation sites is 3. The first-order chi connectivity index (χ1) is 22.8. The van der Waals surface area contributed by atoms with Crippen molar-refractivity contribution >= 4 is 65.4 Å². The van der Waals surface area contributed by atoms with Crippen LogP contribution in [0.4, 0.5) is 0 Å². The van der Waals surface area contributed by atoms with Crippen molar-refractivity contribution in [3.8, 4) is 22.9 Å². The third-order valence-electron chi connectivity index (χ3n) is 9.12. The smallest absolute Gasteiger partial charge is 0.165 e. The van der Waals surface area contributed by atoms with Crippen molar-refractivity contribution in [1.82, 2.24) is 24.1 Å². The van der Waals surface area contributed by atoms with Crippen LogP contribution < -0.4 is 0 Å². The lowest BCUT2D eigenvalue weighted by Crippen LogP contribution is -2.04. The summed E-state index contributed by atoms with van der Waals surface area (Å²) in [7, 11) is 0. The van der Waals surface area contributed by atoms with E-state index >= 15 is 0 Å². The molecule has 0 radical (unpaired) electrons. The van der Waals surface area contributed by atoms with E-state index in [2.05, 4.69) is 112 Å². The number of fused-ring (bicyclic) bond motifs is 8. The minimum absolute atomic E-state index is 0.807. The highest BCUT2D eigenvalue weighted by Crippen LogP contribution is 2.41. The highest BCUT2D eigenvalue weighted by Gasteiger charge is 2.22. The zero-order chi connectivity index (χ0) is 30.2. The van der Waals surface area contributed by atoms with E-state index in [1.165, 1.54) is 32.3 Å². The van der Waals surface area contributed by atoms with E-state index in [4.69, 9.17) is 15.0 Å². The summed E-state index contributed by atoms with van der Waals surface area (Å²) in [6, 6.07) is 51.0. The molecule has 0 amide bonds. The van der Waals surface area contributed by atoms with E-state index in [1.807, 2.05) is 48.7 Å². The summed E-state index contributed by atoms with van der Waals surface area (Å²) >= 11 is 0. The van der Waals surface area contributed by atoms with Crippen molar-refractivity contribution in [2.75, 3.05) is 0 Å². The maximum Gasteiger partial charge on any atom is 0.165 e. The van der Waals surface area contributed by atoms with Crippen LogP contribution in [-0.4, -0.2) is 24.1 Å². The number of aromatic nitrogens is 5. The van der Waals surface area contributed by atoms with Crippen LogP contribution in [0.5, 0.6) is 0 Å². The molecule has 0 saturated heterocycles. The van der Waals surface area contributed by atoms with Crippen molar-refractivity contribution in [2.24, 2.45) is 0 Å². The number of rotatable bonds is 3. The third kappa shape index (κ3) is 3.60. The molecule has 0 aliphatic heterocycles. The second kappa shape index (κ2) is 9.58. The highest BCUT2D eigenvalue weighted by atomic mass is 15.1. The minimum atomic E-state index is 0.807. The molecule has 10 rings (SSSR count). The van der Waals surface area contributed by atoms with E-state index in [0.29, 0.717) is 0 Å². The molecule has 0 atom stereocenters. The molecule has 4 heterocycles. The van der Waals surface area contributed by atoms with Gasteiger partial charge in [0, 0.05) is 33.3 Å². The molecule has 0 spiro atoms. The fraction of sp³-hybridized carbons (Fsp3) is 0. The van der Waals surface area contributed by atoms with Gasteiger partial charge >= 0.3 is 0 Å². The largest absolute Gasteiger partial charge is 0.294 e. The summed E-state index contributed by atoms with van der Waals surface area (Å²) < 4.78 is 4.59. The molecule has 214 valence electrons. The molecule has 10 aromatic rings. The molecule has 5 nitrogen and oxygen atoms in total. The van der Waals surface area contributed by atoms with Gasteiger partial charge in [0.1, 0.15) is 11.5 Å². The number of benzene rings is 6. The molecular formula is C41H25N5. The van der Waals surface area contributed by atoms with Gasteiger partial charge in [-0.15, -0.1) is 0 Å². The second-order valence-corrected chi connectivity index (χ2v) is 11.7. The molecule has 6 aromatic carbocycles. The summed E-state index contributed by atoms with van der Waals surface area (Å²) in [6.45, 7) is 0. The zero-order valence-electron chi connectivity index (χ0n) is 24.7. The van der Waals surface area contributed by atoms with Crippen LogP contribution in [0.15, 0.2) is 152 Å². The van der Waals surface area contributed by atoms with Gasteiger partial charge in [0.25, 0.3) is 0 Å². The average Bonchev–Trinajstić information content (AvgIpc) is 3.61. The van der Waals surface area contributed by atoms with Gasteiger partial charge in [-0.25, -0.2) is 15.0 Å². The Morgan fingerprint density at radius 2 is 1.04 bits per heavy atom. The van der Waals surface area contributed by atoms with Gasteiger partial charge in [-0.1, -0.05) is 91.0 Å². The maximum absolute atomic E-state index is 5.32. The molecular weight excluding hydrogens is 562 g/mol. The van der Waals surface area contributed by atoms with Crippen LogP contribution >= 0.6 is 0 Å². The molecule has 0 aliphatic carbocycles. The predicted octanol–water partition coefficient (Wildman–Crippen LogP) is 10.0. The topological polar surface area (TPSA) is 48.5 Å². The SMILES string of the molecule is c1ccc(-c2nc3ccccc3nc2-n2c3ccccc3c3cc4c5cc6ccccc6cc5n(-c5ccccn5)c4cc32)cc1. The highest BCUT2D eigenvalue weighted by molar-refractivity contribution is 6.20. The van der Waals surface area contributed by atoms with Gasteiger partial charge in [-0.2, -0.15) is 0 Å². The van der Waals surface area contributed by atoms with Crippen LogP contribution in [0, 0.1) is 0 Å². The number of hydrogen-bond acceptors (Lipinski definition) is 3. The van der Waals surface area contributed by atoms with Gasteiger partial charge in [0.2, 0.25) is 0 Å². The van der Waals surface area contributed by atoms with E-state index in [0.717, 1.165) is 56.0 Å². The summed E-state index contributed by atoms with van der Waals surface area (Å²) in [5.41, 5.74) is 7.98. The number of pyridine rings is 1. The van der Waals surface area contributed by atoms with E-state index in [9.17, 15) is 0 Å². The van der Waals surface area contributed by atoms with Crippen molar-refractivity contribution < 1.29 is 0 Å². The van der Waals surface area contributed by atoms with Crippen molar-refractivity contribution in [1.29, 1.82) is 0 Å². The average molecular weight is 588 g/mol. The maximum atomic E-state index is 5.32. The van der Waals surface area contributed by atoms with Crippen LogP contribution in [-0.2, 0) is 0 Å². The molecule has 0 N–H and O–H groups in total. The lowest BCUT2D eigenvalue weighted by Gasteiger charge is -2.14. The molecule has 0 aliphatic rings. The van der Waals surface area contributed by atoms with Crippen LogP contribution in [0.3, 0.4) is 0 Å². The predicted molar refractivity (Wildman–Crippen MR) is 189 cm³/mol. The van der Waals surface area contributed by atoms with Gasteiger partial charge in [-0.05, 0) is 65.4 Å². The number of hydrogen-bond donors (Lipinski definition) is 0. The molecule has 4 aromatic heterocycles.